The minimum Gasteiger partial charge on any atom is -0.289 e. The molecule has 2 rings (SSSR count). The maximum atomic E-state index is 12.2. The van der Waals surface area contributed by atoms with Crippen molar-refractivity contribution in [1.29, 1.82) is 0 Å². The Labute approximate surface area is 112 Å². The molecule has 98 valence electrons. The highest BCUT2D eigenvalue weighted by atomic mass is 32.2. The molecule has 1 aromatic heterocycles. The summed E-state index contributed by atoms with van der Waals surface area (Å²) in [5.41, 5.74) is 0.849. The van der Waals surface area contributed by atoms with Gasteiger partial charge >= 0.3 is 0 Å². The second-order valence-corrected chi connectivity index (χ2v) is 6.27. The van der Waals surface area contributed by atoms with Crippen molar-refractivity contribution in [2.75, 3.05) is 5.75 Å². The number of pyridine rings is 1. The first-order valence-corrected chi connectivity index (χ1v) is 7.47. The molecule has 4 nitrogen and oxygen atoms in total. The van der Waals surface area contributed by atoms with Crippen LogP contribution in [0.2, 0.25) is 0 Å². The van der Waals surface area contributed by atoms with Gasteiger partial charge in [-0.15, -0.1) is 0 Å². The van der Waals surface area contributed by atoms with Crippen LogP contribution in [0, 0.1) is 0 Å². The molecular formula is C14H13NO3S. The molecule has 5 heteroatoms. The third-order valence-electron chi connectivity index (χ3n) is 2.78. The van der Waals surface area contributed by atoms with E-state index in [1.54, 1.807) is 31.2 Å². The summed E-state index contributed by atoms with van der Waals surface area (Å²) >= 11 is 0. The van der Waals surface area contributed by atoms with Crippen molar-refractivity contribution < 1.29 is 13.2 Å². The van der Waals surface area contributed by atoms with E-state index in [0.717, 1.165) is 0 Å². The zero-order valence-corrected chi connectivity index (χ0v) is 11.2. The summed E-state index contributed by atoms with van der Waals surface area (Å²) in [5.74, 6) is -0.199. The summed E-state index contributed by atoms with van der Waals surface area (Å²) in [4.78, 5) is 16.2. The Morgan fingerprint density at radius 3 is 2.42 bits per heavy atom. The summed E-state index contributed by atoms with van der Waals surface area (Å²) in [7, 11) is -3.30. The molecule has 0 unspecified atom stereocenters. The summed E-state index contributed by atoms with van der Waals surface area (Å²) in [6.07, 6.45) is 3.06. The average molecular weight is 275 g/mol. The van der Waals surface area contributed by atoms with Crippen molar-refractivity contribution in [2.45, 2.75) is 11.8 Å². The van der Waals surface area contributed by atoms with E-state index in [-0.39, 0.29) is 16.4 Å². The molecule has 2 aromatic rings. The van der Waals surface area contributed by atoms with Crippen molar-refractivity contribution in [3.05, 3.63) is 59.9 Å². The van der Waals surface area contributed by atoms with E-state index >= 15 is 0 Å². The van der Waals surface area contributed by atoms with Crippen molar-refractivity contribution in [1.82, 2.24) is 4.98 Å². The van der Waals surface area contributed by atoms with Gasteiger partial charge in [0.15, 0.2) is 15.6 Å². The van der Waals surface area contributed by atoms with Crippen LogP contribution >= 0.6 is 0 Å². The minimum absolute atomic E-state index is 0.0138. The van der Waals surface area contributed by atoms with Gasteiger partial charge in [-0.1, -0.05) is 19.1 Å². The highest BCUT2D eigenvalue weighted by Gasteiger charge is 2.15. The van der Waals surface area contributed by atoms with Crippen LogP contribution in [-0.4, -0.2) is 24.9 Å². The van der Waals surface area contributed by atoms with Gasteiger partial charge in [0, 0.05) is 23.5 Å². The summed E-state index contributed by atoms with van der Waals surface area (Å²) in [6, 6.07) is 9.31. The van der Waals surface area contributed by atoms with Crippen LogP contribution in [0.4, 0.5) is 0 Å². The SMILES string of the molecule is CCS(=O)(=O)c1cccc(C(=O)c2ccncc2)c1. The largest absolute Gasteiger partial charge is 0.289 e. The number of nitrogens with zero attached hydrogens (tertiary/aromatic N) is 1. The topological polar surface area (TPSA) is 64.1 Å². The molecule has 0 spiro atoms. The molecule has 0 bridgehead atoms. The zero-order chi connectivity index (χ0) is 13.9. The molecule has 1 heterocycles. The van der Waals surface area contributed by atoms with Crippen LogP contribution < -0.4 is 0 Å². The van der Waals surface area contributed by atoms with Crippen molar-refractivity contribution >= 4 is 15.6 Å². The van der Waals surface area contributed by atoms with Crippen molar-refractivity contribution in [3.63, 3.8) is 0 Å². The first kappa shape index (κ1) is 13.4. The van der Waals surface area contributed by atoms with Crippen LogP contribution in [0.5, 0.6) is 0 Å². The molecule has 0 atom stereocenters. The van der Waals surface area contributed by atoms with Gasteiger partial charge in [0.2, 0.25) is 0 Å². The van der Waals surface area contributed by atoms with E-state index in [2.05, 4.69) is 4.98 Å². The number of carbonyl (C=O) groups is 1. The van der Waals surface area contributed by atoms with Crippen LogP contribution in [0.15, 0.2) is 53.7 Å². The van der Waals surface area contributed by atoms with E-state index in [0.29, 0.717) is 11.1 Å². The number of hydrogen-bond donors (Lipinski definition) is 0. The number of hydrogen-bond acceptors (Lipinski definition) is 4. The molecule has 0 aliphatic rings. The van der Waals surface area contributed by atoms with Gasteiger partial charge in [0.25, 0.3) is 0 Å². The van der Waals surface area contributed by atoms with Crippen molar-refractivity contribution in [3.8, 4) is 0 Å². The van der Waals surface area contributed by atoms with E-state index in [1.807, 2.05) is 0 Å². The van der Waals surface area contributed by atoms with Gasteiger partial charge in [-0.05, 0) is 24.3 Å². The van der Waals surface area contributed by atoms with Crippen LogP contribution in [-0.2, 0) is 9.84 Å². The number of sulfone groups is 1. The van der Waals surface area contributed by atoms with E-state index in [1.165, 1.54) is 24.5 Å². The zero-order valence-electron chi connectivity index (χ0n) is 10.4. The second-order valence-electron chi connectivity index (χ2n) is 4.00. The molecule has 19 heavy (non-hydrogen) atoms. The van der Waals surface area contributed by atoms with E-state index < -0.39 is 9.84 Å². The number of ketones is 1. The van der Waals surface area contributed by atoms with Gasteiger partial charge < -0.3 is 0 Å². The third-order valence-corrected chi connectivity index (χ3v) is 4.51. The summed E-state index contributed by atoms with van der Waals surface area (Å²) < 4.78 is 23.6. The van der Waals surface area contributed by atoms with E-state index in [9.17, 15) is 13.2 Å². The standard InChI is InChI=1S/C14H13NO3S/c1-2-19(17,18)13-5-3-4-12(10-13)14(16)11-6-8-15-9-7-11/h3-10H,2H2,1H3. The first-order valence-electron chi connectivity index (χ1n) is 5.82. The lowest BCUT2D eigenvalue weighted by molar-refractivity contribution is 0.103. The Morgan fingerprint density at radius 2 is 1.79 bits per heavy atom. The van der Waals surface area contributed by atoms with Crippen molar-refractivity contribution in [2.24, 2.45) is 0 Å². The molecule has 0 saturated carbocycles. The smallest absolute Gasteiger partial charge is 0.193 e. The molecule has 0 amide bonds. The van der Waals surface area contributed by atoms with Gasteiger partial charge in [-0.25, -0.2) is 8.42 Å². The Hall–Kier alpha value is -2.01. The monoisotopic (exact) mass is 275 g/mol. The molecule has 0 aliphatic heterocycles. The van der Waals surface area contributed by atoms with Gasteiger partial charge in [-0.3, -0.25) is 9.78 Å². The van der Waals surface area contributed by atoms with Gasteiger partial charge in [0.05, 0.1) is 10.6 Å². The fourth-order valence-corrected chi connectivity index (χ4v) is 2.59. The van der Waals surface area contributed by atoms with E-state index in [4.69, 9.17) is 0 Å². The maximum absolute atomic E-state index is 12.2. The molecular weight excluding hydrogens is 262 g/mol. The quantitative estimate of drug-likeness (QED) is 0.802. The lowest BCUT2D eigenvalue weighted by Crippen LogP contribution is -2.07. The fourth-order valence-electron chi connectivity index (χ4n) is 1.67. The number of carbonyl (C=O) groups excluding carboxylic acids is 1. The van der Waals surface area contributed by atoms with Crippen LogP contribution in [0.3, 0.4) is 0 Å². The van der Waals surface area contributed by atoms with Crippen LogP contribution in [0.25, 0.3) is 0 Å². The normalized spacial score (nSPS) is 11.2. The van der Waals surface area contributed by atoms with Crippen LogP contribution in [0.1, 0.15) is 22.8 Å². The second kappa shape index (κ2) is 5.32. The number of rotatable bonds is 4. The summed E-state index contributed by atoms with van der Waals surface area (Å²) in [5, 5.41) is 0. The molecule has 0 N–H and O–H groups in total. The Balaban J connectivity index is 2.43. The Morgan fingerprint density at radius 1 is 1.11 bits per heavy atom. The first-order chi connectivity index (χ1) is 9.04. The summed E-state index contributed by atoms with van der Waals surface area (Å²) in [6.45, 7) is 1.58. The fraction of sp³-hybridized carbons (Fsp3) is 0.143. The van der Waals surface area contributed by atoms with Gasteiger partial charge in [-0.2, -0.15) is 0 Å². The number of benzene rings is 1. The maximum Gasteiger partial charge on any atom is 0.193 e. The minimum atomic E-state index is -3.30. The molecule has 0 fully saturated rings. The third kappa shape index (κ3) is 2.88. The Bertz CT molecular complexity index is 694. The number of aromatic nitrogens is 1. The lowest BCUT2D eigenvalue weighted by Gasteiger charge is -2.04. The highest BCUT2D eigenvalue weighted by molar-refractivity contribution is 7.91. The molecule has 0 radical (unpaired) electrons. The predicted molar refractivity (Wildman–Crippen MR) is 71.8 cm³/mol. The predicted octanol–water partition coefficient (Wildman–Crippen LogP) is 2.11. The molecule has 0 saturated heterocycles. The molecule has 1 aromatic carbocycles. The van der Waals surface area contributed by atoms with Gasteiger partial charge in [0.1, 0.15) is 0 Å². The Kier molecular flexibility index (Phi) is 3.76. The lowest BCUT2D eigenvalue weighted by atomic mass is 10.1. The highest BCUT2D eigenvalue weighted by Crippen LogP contribution is 2.16. The molecule has 0 aliphatic carbocycles. The average Bonchev–Trinajstić information content (AvgIpc) is 2.47.